The highest BCUT2D eigenvalue weighted by Gasteiger charge is 2.08. The number of phenolic OH excluding ortho intramolecular Hbond substituents is 1. The largest absolute Gasteiger partial charge is 0.508 e. The third-order valence-corrected chi connectivity index (χ3v) is 3.26. The predicted molar refractivity (Wildman–Crippen MR) is 75.3 cm³/mol. The Hall–Kier alpha value is -2.49. The molecule has 1 heterocycles. The van der Waals surface area contributed by atoms with E-state index >= 15 is 0 Å². The van der Waals surface area contributed by atoms with Crippen molar-refractivity contribution < 1.29 is 14.2 Å². The van der Waals surface area contributed by atoms with Gasteiger partial charge in [0, 0.05) is 29.7 Å². The average Bonchev–Trinajstić information content (AvgIpc) is 2.74. The van der Waals surface area contributed by atoms with Crippen molar-refractivity contribution in [3.05, 3.63) is 60.0 Å². The average molecular weight is 271 g/mol. The Balaban J connectivity index is 1.87. The molecular weight excluding hydrogens is 257 g/mol. The van der Waals surface area contributed by atoms with Crippen LogP contribution in [0.3, 0.4) is 0 Å². The Morgan fingerprint density at radius 3 is 2.65 bits per heavy atom. The third kappa shape index (κ3) is 2.32. The number of fused-ring (bicyclic) bond motifs is 1. The molecule has 0 aliphatic carbocycles. The van der Waals surface area contributed by atoms with Crippen molar-refractivity contribution >= 4 is 10.9 Å². The van der Waals surface area contributed by atoms with Crippen LogP contribution < -0.4 is 4.74 Å². The van der Waals surface area contributed by atoms with Gasteiger partial charge in [0.25, 0.3) is 0 Å². The zero-order chi connectivity index (χ0) is 14.1. The summed E-state index contributed by atoms with van der Waals surface area (Å²) < 4.78 is 20.5. The minimum absolute atomic E-state index is 0.228. The monoisotopic (exact) mass is 271 g/mol. The number of hydrogen-bond acceptors (Lipinski definition) is 2. The second-order valence-electron chi connectivity index (χ2n) is 4.71. The molecule has 2 aromatic carbocycles. The maximum absolute atomic E-state index is 12.8. The van der Waals surface area contributed by atoms with Gasteiger partial charge in [0.1, 0.15) is 23.9 Å². The number of aryl methyl sites for hydroxylation is 1. The molecule has 1 aromatic heterocycles. The number of aromatic hydroxyl groups is 1. The van der Waals surface area contributed by atoms with Crippen molar-refractivity contribution in [2.24, 2.45) is 7.05 Å². The molecule has 0 fully saturated rings. The van der Waals surface area contributed by atoms with Gasteiger partial charge in [-0.25, -0.2) is 4.39 Å². The highest BCUT2D eigenvalue weighted by molar-refractivity contribution is 5.85. The summed E-state index contributed by atoms with van der Waals surface area (Å²) in [5.74, 6) is 0.558. The van der Waals surface area contributed by atoms with E-state index < -0.39 is 0 Å². The molecule has 20 heavy (non-hydrogen) atoms. The number of phenols is 1. The van der Waals surface area contributed by atoms with Crippen molar-refractivity contribution in [3.8, 4) is 11.5 Å². The van der Waals surface area contributed by atoms with Gasteiger partial charge in [-0.2, -0.15) is 0 Å². The number of rotatable bonds is 3. The summed E-state index contributed by atoms with van der Waals surface area (Å²) in [5, 5.41) is 10.5. The Labute approximate surface area is 115 Å². The lowest BCUT2D eigenvalue weighted by atomic mass is 10.2. The van der Waals surface area contributed by atoms with Gasteiger partial charge in [0.05, 0.1) is 0 Å². The quantitative estimate of drug-likeness (QED) is 0.789. The van der Waals surface area contributed by atoms with Gasteiger partial charge in [0.15, 0.2) is 0 Å². The zero-order valence-corrected chi connectivity index (χ0v) is 11.0. The van der Waals surface area contributed by atoms with Crippen molar-refractivity contribution in [2.45, 2.75) is 6.61 Å². The minimum atomic E-state index is -0.285. The molecule has 0 spiro atoms. The van der Waals surface area contributed by atoms with Crippen molar-refractivity contribution in [3.63, 3.8) is 0 Å². The number of halogens is 1. The van der Waals surface area contributed by atoms with Crippen LogP contribution in [0.25, 0.3) is 10.9 Å². The molecule has 102 valence electrons. The van der Waals surface area contributed by atoms with E-state index in [0.29, 0.717) is 12.4 Å². The predicted octanol–water partition coefficient (Wildman–Crippen LogP) is 3.60. The van der Waals surface area contributed by atoms with Crippen LogP contribution in [-0.2, 0) is 13.7 Å². The van der Waals surface area contributed by atoms with Crippen LogP contribution in [0.4, 0.5) is 4.39 Å². The van der Waals surface area contributed by atoms with E-state index in [4.69, 9.17) is 4.74 Å². The summed E-state index contributed by atoms with van der Waals surface area (Å²) in [6.07, 6.45) is 1.97. The van der Waals surface area contributed by atoms with E-state index in [1.807, 2.05) is 23.9 Å². The normalized spacial score (nSPS) is 10.9. The van der Waals surface area contributed by atoms with Crippen LogP contribution in [0.15, 0.2) is 48.7 Å². The fourth-order valence-electron chi connectivity index (χ4n) is 2.27. The second-order valence-corrected chi connectivity index (χ2v) is 4.71. The summed E-state index contributed by atoms with van der Waals surface area (Å²) >= 11 is 0. The summed E-state index contributed by atoms with van der Waals surface area (Å²) in [6.45, 7) is 0.367. The molecule has 3 aromatic rings. The Morgan fingerprint density at radius 1 is 1.15 bits per heavy atom. The minimum Gasteiger partial charge on any atom is -0.508 e. The molecule has 0 atom stereocenters. The first kappa shape index (κ1) is 12.5. The van der Waals surface area contributed by atoms with Crippen LogP contribution in [0.5, 0.6) is 11.5 Å². The molecule has 0 unspecified atom stereocenters. The van der Waals surface area contributed by atoms with E-state index in [1.54, 1.807) is 24.3 Å². The maximum Gasteiger partial charge on any atom is 0.123 e. The van der Waals surface area contributed by atoms with Crippen LogP contribution in [-0.4, -0.2) is 9.67 Å². The number of nitrogens with zero attached hydrogens (tertiary/aromatic N) is 1. The van der Waals surface area contributed by atoms with Gasteiger partial charge in [-0.15, -0.1) is 0 Å². The molecule has 3 rings (SSSR count). The van der Waals surface area contributed by atoms with Gasteiger partial charge in [-0.3, -0.25) is 0 Å². The van der Waals surface area contributed by atoms with E-state index in [2.05, 4.69) is 0 Å². The van der Waals surface area contributed by atoms with Gasteiger partial charge in [-0.05, 0) is 42.5 Å². The lowest BCUT2D eigenvalue weighted by Crippen LogP contribution is -1.94. The van der Waals surface area contributed by atoms with E-state index in [1.165, 1.54) is 12.1 Å². The molecule has 4 heteroatoms. The maximum atomic E-state index is 12.8. The smallest absolute Gasteiger partial charge is 0.123 e. The molecule has 0 aliphatic rings. The Kier molecular flexibility index (Phi) is 3.06. The van der Waals surface area contributed by atoms with Crippen molar-refractivity contribution in [1.29, 1.82) is 0 Å². The molecule has 0 saturated carbocycles. The molecule has 0 aliphatic heterocycles. The first-order chi connectivity index (χ1) is 9.63. The second kappa shape index (κ2) is 4.89. The first-order valence-corrected chi connectivity index (χ1v) is 6.29. The zero-order valence-electron chi connectivity index (χ0n) is 11.0. The van der Waals surface area contributed by atoms with Crippen LogP contribution in [0.2, 0.25) is 0 Å². The molecule has 0 amide bonds. The van der Waals surface area contributed by atoms with Crippen LogP contribution in [0.1, 0.15) is 5.56 Å². The summed E-state index contributed by atoms with van der Waals surface area (Å²) in [6, 6.07) is 11.2. The molecular formula is C16H14FNO2. The van der Waals surface area contributed by atoms with Gasteiger partial charge in [0.2, 0.25) is 0 Å². The topological polar surface area (TPSA) is 34.4 Å². The number of hydrogen-bond donors (Lipinski definition) is 1. The number of benzene rings is 2. The number of ether oxygens (including phenoxy) is 1. The summed E-state index contributed by atoms with van der Waals surface area (Å²) in [7, 11) is 1.95. The van der Waals surface area contributed by atoms with Gasteiger partial charge in [-0.1, -0.05) is 0 Å². The highest BCUT2D eigenvalue weighted by atomic mass is 19.1. The van der Waals surface area contributed by atoms with Crippen LogP contribution >= 0.6 is 0 Å². The molecule has 3 nitrogen and oxygen atoms in total. The van der Waals surface area contributed by atoms with Gasteiger partial charge < -0.3 is 14.4 Å². The number of aromatic nitrogens is 1. The van der Waals surface area contributed by atoms with E-state index in [0.717, 1.165) is 16.5 Å². The molecule has 1 N–H and O–H groups in total. The molecule has 0 saturated heterocycles. The summed E-state index contributed by atoms with van der Waals surface area (Å²) in [5.41, 5.74) is 2.00. The van der Waals surface area contributed by atoms with E-state index in [9.17, 15) is 9.50 Å². The van der Waals surface area contributed by atoms with Crippen molar-refractivity contribution in [1.82, 2.24) is 4.57 Å². The highest BCUT2D eigenvalue weighted by Crippen LogP contribution is 2.26. The third-order valence-electron chi connectivity index (χ3n) is 3.26. The van der Waals surface area contributed by atoms with Crippen LogP contribution in [0, 0.1) is 5.82 Å². The molecule has 0 bridgehead atoms. The van der Waals surface area contributed by atoms with Gasteiger partial charge >= 0.3 is 0 Å². The molecule has 0 radical (unpaired) electrons. The van der Waals surface area contributed by atoms with E-state index in [-0.39, 0.29) is 11.6 Å². The lowest BCUT2D eigenvalue weighted by Gasteiger charge is -2.05. The van der Waals surface area contributed by atoms with Crippen molar-refractivity contribution in [2.75, 3.05) is 0 Å². The summed E-state index contributed by atoms with van der Waals surface area (Å²) in [4.78, 5) is 0. The first-order valence-electron chi connectivity index (χ1n) is 6.29. The Bertz CT molecular complexity index is 747. The SMILES string of the molecule is Cn1cc(COc2ccc(F)cc2)c2cc(O)ccc21. The lowest BCUT2D eigenvalue weighted by molar-refractivity contribution is 0.307. The standard InChI is InChI=1S/C16H14FNO2/c1-18-9-11(15-8-13(19)4-7-16(15)18)10-20-14-5-2-12(17)3-6-14/h2-9,19H,10H2,1H3. The Morgan fingerprint density at radius 2 is 1.90 bits per heavy atom. The fraction of sp³-hybridized carbons (Fsp3) is 0.125. The fourth-order valence-corrected chi connectivity index (χ4v) is 2.27.